The number of nitrogens with zero attached hydrogens (tertiary/aromatic N) is 5. The third-order valence-corrected chi connectivity index (χ3v) is 9.70. The summed E-state index contributed by atoms with van der Waals surface area (Å²) in [5.74, 6) is -0.637. The van der Waals surface area contributed by atoms with Crippen molar-refractivity contribution in [1.82, 2.24) is 25.0 Å². The second-order valence-corrected chi connectivity index (χ2v) is 13.0. The number of halogens is 2. The maximum absolute atomic E-state index is 13.9. The van der Waals surface area contributed by atoms with Gasteiger partial charge in [0.15, 0.2) is 0 Å². The Bertz CT molecular complexity index is 1540. The van der Waals surface area contributed by atoms with Gasteiger partial charge in [0.2, 0.25) is 5.91 Å². The van der Waals surface area contributed by atoms with E-state index in [0.29, 0.717) is 59.2 Å². The van der Waals surface area contributed by atoms with Gasteiger partial charge in [0, 0.05) is 84.3 Å². The van der Waals surface area contributed by atoms with Crippen LogP contribution in [0.2, 0.25) is 0 Å². The maximum Gasteiger partial charge on any atom is 0.322 e. The molecule has 2 saturated heterocycles. The summed E-state index contributed by atoms with van der Waals surface area (Å²) in [4.78, 5) is 63.7. The fraction of sp³-hybridized carbons (Fsp3) is 0.344. The molecule has 5 N–H and O–H groups in total. The standard InChI is InChI=1S/C32H36Br2N8O4/c33-25-18-21(19-26(34)28(25)35)20-27(30(44)40-16-14-39(15-17-40)23-6-10-37-11-7-23)38-32(46)41-12-8-24(9-13-41)42(31(36)45)29(43)22-4-2-1-3-5-22/h1-7,10-11,18-19,24,27H,8-9,12-17,20,35H2,(H2,36,45)(H,38,46)/t27-/m1/s1. The van der Waals surface area contributed by atoms with Crippen molar-refractivity contribution in [3.8, 4) is 0 Å². The SMILES string of the molecule is NC(=O)N(C(=O)c1ccccc1)C1CCN(C(=O)N[C@H](Cc2cc(Br)c(N)c(Br)c2)C(=O)N2CCN(c3ccncc3)CC2)CC1. The lowest BCUT2D eigenvalue weighted by Gasteiger charge is -2.39. The van der Waals surface area contributed by atoms with E-state index in [1.54, 1.807) is 52.5 Å². The van der Waals surface area contributed by atoms with Crippen molar-refractivity contribution in [3.63, 3.8) is 0 Å². The Morgan fingerprint density at radius 2 is 1.50 bits per heavy atom. The van der Waals surface area contributed by atoms with Crippen molar-refractivity contribution in [2.75, 3.05) is 49.9 Å². The molecule has 3 aromatic rings. The average Bonchev–Trinajstić information content (AvgIpc) is 3.07. The minimum atomic E-state index is -0.832. The van der Waals surface area contributed by atoms with Crippen LogP contribution in [-0.2, 0) is 11.2 Å². The third-order valence-electron chi connectivity index (χ3n) is 8.39. The van der Waals surface area contributed by atoms with Gasteiger partial charge in [-0.2, -0.15) is 0 Å². The molecule has 14 heteroatoms. The number of nitrogens with one attached hydrogen (secondary N) is 1. The number of anilines is 2. The van der Waals surface area contributed by atoms with Gasteiger partial charge in [-0.05, 0) is 86.7 Å². The van der Waals surface area contributed by atoms with E-state index in [0.717, 1.165) is 16.2 Å². The fourth-order valence-corrected chi connectivity index (χ4v) is 7.17. The van der Waals surface area contributed by atoms with Gasteiger partial charge in [-0.1, -0.05) is 18.2 Å². The van der Waals surface area contributed by atoms with Crippen LogP contribution in [0.3, 0.4) is 0 Å². The number of nitrogen functional groups attached to an aromatic ring is 1. The van der Waals surface area contributed by atoms with Crippen molar-refractivity contribution in [2.45, 2.75) is 31.3 Å². The molecule has 2 aliphatic heterocycles. The topological polar surface area (TPSA) is 158 Å². The van der Waals surface area contributed by atoms with Crippen molar-refractivity contribution in [1.29, 1.82) is 0 Å². The van der Waals surface area contributed by atoms with Crippen molar-refractivity contribution < 1.29 is 19.2 Å². The number of nitrogens with two attached hydrogens (primary N) is 2. The first-order valence-corrected chi connectivity index (χ1v) is 16.6. The van der Waals surface area contributed by atoms with Gasteiger partial charge in [-0.3, -0.25) is 19.5 Å². The number of carbonyl (C=O) groups excluding carboxylic acids is 4. The van der Waals surface area contributed by atoms with Crippen LogP contribution in [0.25, 0.3) is 0 Å². The van der Waals surface area contributed by atoms with Gasteiger partial charge in [0.25, 0.3) is 5.91 Å². The van der Waals surface area contributed by atoms with Crippen LogP contribution in [0.1, 0.15) is 28.8 Å². The molecule has 2 aromatic carbocycles. The van der Waals surface area contributed by atoms with E-state index in [1.165, 1.54) is 0 Å². The molecule has 1 atom stereocenters. The summed E-state index contributed by atoms with van der Waals surface area (Å²) in [7, 11) is 0. The summed E-state index contributed by atoms with van der Waals surface area (Å²) >= 11 is 6.96. The number of piperazine rings is 1. The predicted octanol–water partition coefficient (Wildman–Crippen LogP) is 3.84. The van der Waals surface area contributed by atoms with Crippen LogP contribution in [0.15, 0.2) is 75.9 Å². The first-order chi connectivity index (χ1) is 22.1. The van der Waals surface area contributed by atoms with E-state index in [2.05, 4.69) is 47.1 Å². The van der Waals surface area contributed by atoms with Crippen LogP contribution in [-0.4, -0.2) is 94.9 Å². The van der Waals surface area contributed by atoms with Crippen LogP contribution < -0.4 is 21.7 Å². The van der Waals surface area contributed by atoms with Crippen LogP contribution in [0, 0.1) is 0 Å². The lowest BCUT2D eigenvalue weighted by Crippen LogP contribution is -2.58. The van der Waals surface area contributed by atoms with E-state index < -0.39 is 24.0 Å². The Morgan fingerprint density at radius 3 is 2.09 bits per heavy atom. The molecular formula is C32H36Br2N8O4. The van der Waals surface area contributed by atoms with Gasteiger partial charge in [0.1, 0.15) is 6.04 Å². The number of carbonyl (C=O) groups is 4. The highest BCUT2D eigenvalue weighted by Crippen LogP contribution is 2.30. The number of likely N-dealkylation sites (tertiary alicyclic amines) is 1. The third kappa shape index (κ3) is 7.79. The summed E-state index contributed by atoms with van der Waals surface area (Å²) < 4.78 is 1.37. The highest BCUT2D eigenvalue weighted by molar-refractivity contribution is 9.11. The van der Waals surface area contributed by atoms with Crippen molar-refractivity contribution >= 4 is 67.1 Å². The molecule has 12 nitrogen and oxygen atoms in total. The molecule has 2 aliphatic rings. The van der Waals surface area contributed by atoms with Crippen LogP contribution in [0.5, 0.6) is 0 Å². The molecule has 2 fully saturated rings. The summed E-state index contributed by atoms with van der Waals surface area (Å²) in [6, 6.07) is 13.6. The number of rotatable bonds is 7. The zero-order valence-electron chi connectivity index (χ0n) is 25.1. The molecule has 3 heterocycles. The van der Waals surface area contributed by atoms with E-state index in [1.807, 2.05) is 24.3 Å². The average molecular weight is 756 g/mol. The van der Waals surface area contributed by atoms with Crippen molar-refractivity contribution in [2.24, 2.45) is 5.73 Å². The maximum atomic E-state index is 13.9. The monoisotopic (exact) mass is 754 g/mol. The normalized spacial score (nSPS) is 16.1. The highest BCUT2D eigenvalue weighted by Gasteiger charge is 2.35. The smallest absolute Gasteiger partial charge is 0.322 e. The minimum Gasteiger partial charge on any atom is -0.397 e. The van der Waals surface area contributed by atoms with Gasteiger partial charge in [0.05, 0.1) is 5.69 Å². The Kier molecular flexibility index (Phi) is 10.8. The molecule has 5 rings (SSSR count). The number of amides is 6. The molecule has 0 bridgehead atoms. The Balaban J connectivity index is 1.26. The summed E-state index contributed by atoms with van der Waals surface area (Å²) in [6.07, 6.45) is 4.47. The Hall–Kier alpha value is -4.17. The molecular weight excluding hydrogens is 720 g/mol. The minimum absolute atomic E-state index is 0.171. The van der Waals surface area contributed by atoms with Gasteiger partial charge in [-0.15, -0.1) is 0 Å². The number of primary amides is 1. The summed E-state index contributed by atoms with van der Waals surface area (Å²) in [6.45, 7) is 2.89. The molecule has 0 aliphatic carbocycles. The number of urea groups is 2. The number of hydrogen-bond donors (Lipinski definition) is 3. The fourth-order valence-electron chi connectivity index (χ4n) is 5.88. The number of imide groups is 1. The first-order valence-electron chi connectivity index (χ1n) is 15.0. The Morgan fingerprint density at radius 1 is 0.891 bits per heavy atom. The van der Waals surface area contributed by atoms with E-state index >= 15 is 0 Å². The summed E-state index contributed by atoms with van der Waals surface area (Å²) in [5.41, 5.74) is 14.5. The van der Waals surface area contributed by atoms with E-state index in [9.17, 15) is 19.2 Å². The van der Waals surface area contributed by atoms with Gasteiger partial charge in [-0.25, -0.2) is 9.59 Å². The zero-order chi connectivity index (χ0) is 32.8. The van der Waals surface area contributed by atoms with E-state index in [4.69, 9.17) is 11.5 Å². The number of hydrogen-bond acceptors (Lipinski definition) is 7. The second kappa shape index (κ2) is 14.9. The number of piperidine rings is 1. The molecule has 0 radical (unpaired) electrons. The molecule has 46 heavy (non-hydrogen) atoms. The molecule has 242 valence electrons. The number of benzene rings is 2. The first kappa shape index (κ1) is 33.2. The van der Waals surface area contributed by atoms with Gasteiger partial charge >= 0.3 is 12.1 Å². The summed E-state index contributed by atoms with van der Waals surface area (Å²) in [5, 5.41) is 2.98. The largest absolute Gasteiger partial charge is 0.397 e. The quantitative estimate of drug-likeness (QED) is 0.309. The number of aromatic nitrogens is 1. The number of pyridine rings is 1. The predicted molar refractivity (Wildman–Crippen MR) is 182 cm³/mol. The molecule has 0 saturated carbocycles. The Labute approximate surface area is 284 Å². The molecule has 1 aromatic heterocycles. The second-order valence-electron chi connectivity index (χ2n) is 11.3. The molecule has 0 spiro atoms. The lowest BCUT2D eigenvalue weighted by atomic mass is 10.0. The zero-order valence-corrected chi connectivity index (χ0v) is 28.3. The van der Waals surface area contributed by atoms with Crippen LogP contribution >= 0.6 is 31.9 Å². The molecule has 0 unspecified atom stereocenters. The van der Waals surface area contributed by atoms with Crippen LogP contribution in [0.4, 0.5) is 21.0 Å². The molecule has 6 amide bonds. The van der Waals surface area contributed by atoms with Gasteiger partial charge < -0.3 is 31.5 Å². The lowest BCUT2D eigenvalue weighted by molar-refractivity contribution is -0.133. The van der Waals surface area contributed by atoms with E-state index in [-0.39, 0.29) is 31.4 Å². The highest BCUT2D eigenvalue weighted by atomic mass is 79.9. The van der Waals surface area contributed by atoms with Crippen molar-refractivity contribution in [3.05, 3.63) is 87.1 Å².